The third-order valence-electron chi connectivity index (χ3n) is 3.66. The van der Waals surface area contributed by atoms with Crippen LogP contribution < -0.4 is 10.6 Å². The lowest BCUT2D eigenvalue weighted by molar-refractivity contribution is 0.0162. The normalized spacial score (nSPS) is 18.9. The average molecular weight is 454 g/mol. The predicted molar refractivity (Wildman–Crippen MR) is 110 cm³/mol. The average Bonchev–Trinajstić information content (AvgIpc) is 2.44. The van der Waals surface area contributed by atoms with E-state index >= 15 is 0 Å². The van der Waals surface area contributed by atoms with Crippen molar-refractivity contribution in [3.8, 4) is 0 Å². The summed E-state index contributed by atoms with van der Waals surface area (Å²) >= 11 is 0. The van der Waals surface area contributed by atoms with Crippen LogP contribution in [0.15, 0.2) is 4.99 Å². The molecule has 1 amide bonds. The van der Waals surface area contributed by atoms with Gasteiger partial charge in [0.1, 0.15) is 5.60 Å². The van der Waals surface area contributed by atoms with Crippen LogP contribution in [-0.4, -0.2) is 55.3 Å². The van der Waals surface area contributed by atoms with Gasteiger partial charge in [0.05, 0.1) is 0 Å². The molecule has 1 aliphatic heterocycles. The molecule has 0 radical (unpaired) electrons. The van der Waals surface area contributed by atoms with Crippen LogP contribution in [0.1, 0.15) is 53.9 Å². The van der Waals surface area contributed by atoms with Crippen molar-refractivity contribution in [1.82, 2.24) is 15.5 Å². The number of carbonyl (C=O) groups is 1. The second-order valence-electron chi connectivity index (χ2n) is 7.52. The summed E-state index contributed by atoms with van der Waals surface area (Å²) in [5.74, 6) is 1.35. The van der Waals surface area contributed by atoms with E-state index in [0.717, 1.165) is 44.9 Å². The fourth-order valence-corrected chi connectivity index (χ4v) is 2.66. The first-order valence-corrected chi connectivity index (χ1v) is 8.66. The molecule has 1 aliphatic rings. The molecule has 0 aromatic carbocycles. The molecule has 2 N–H and O–H groups in total. The topological polar surface area (TPSA) is 66.0 Å². The first kappa shape index (κ1) is 23.3. The van der Waals surface area contributed by atoms with Crippen LogP contribution in [-0.2, 0) is 4.74 Å². The summed E-state index contributed by atoms with van der Waals surface area (Å²) in [5, 5.41) is 6.61. The number of nitrogens with zero attached hydrogens (tertiary/aromatic N) is 2. The zero-order chi connectivity index (χ0) is 17.5. The number of halogens is 1. The van der Waals surface area contributed by atoms with Crippen molar-refractivity contribution in [3.05, 3.63) is 0 Å². The van der Waals surface area contributed by atoms with Crippen molar-refractivity contribution >= 4 is 36.0 Å². The second-order valence-corrected chi connectivity index (χ2v) is 7.52. The highest BCUT2D eigenvalue weighted by molar-refractivity contribution is 14.0. The monoisotopic (exact) mass is 454 g/mol. The first-order chi connectivity index (χ1) is 10.7. The van der Waals surface area contributed by atoms with Crippen LogP contribution in [0.4, 0.5) is 4.79 Å². The molecule has 142 valence electrons. The van der Waals surface area contributed by atoms with Gasteiger partial charge < -0.3 is 20.3 Å². The first-order valence-electron chi connectivity index (χ1n) is 8.66. The Morgan fingerprint density at radius 2 is 2.04 bits per heavy atom. The lowest BCUT2D eigenvalue weighted by Gasteiger charge is -2.34. The lowest BCUT2D eigenvalue weighted by Crippen LogP contribution is -2.44. The number of likely N-dealkylation sites (tertiary alicyclic amines) is 1. The van der Waals surface area contributed by atoms with E-state index in [1.807, 2.05) is 25.7 Å². The molecule has 7 heteroatoms. The molecular weight excluding hydrogens is 419 g/mol. The van der Waals surface area contributed by atoms with Crippen molar-refractivity contribution in [3.63, 3.8) is 0 Å². The van der Waals surface area contributed by atoms with Crippen molar-refractivity contribution < 1.29 is 9.53 Å². The van der Waals surface area contributed by atoms with Crippen LogP contribution in [0.25, 0.3) is 0 Å². The number of rotatable bonds is 4. The third kappa shape index (κ3) is 9.54. The summed E-state index contributed by atoms with van der Waals surface area (Å²) in [6.07, 6.45) is 3.05. The Morgan fingerprint density at radius 3 is 2.58 bits per heavy atom. The fraction of sp³-hybridized carbons (Fsp3) is 0.882. The molecule has 1 heterocycles. The van der Waals surface area contributed by atoms with E-state index in [2.05, 4.69) is 29.5 Å². The minimum atomic E-state index is -0.430. The van der Waals surface area contributed by atoms with Gasteiger partial charge in [0.25, 0.3) is 0 Å². The molecule has 24 heavy (non-hydrogen) atoms. The molecule has 0 aromatic rings. The predicted octanol–water partition coefficient (Wildman–Crippen LogP) is 3.22. The van der Waals surface area contributed by atoms with Crippen LogP contribution in [0.3, 0.4) is 0 Å². The van der Waals surface area contributed by atoms with Crippen LogP contribution >= 0.6 is 24.0 Å². The summed E-state index contributed by atoms with van der Waals surface area (Å²) in [6.45, 7) is 12.3. The summed E-state index contributed by atoms with van der Waals surface area (Å²) in [4.78, 5) is 18.2. The Balaban J connectivity index is 0.00000529. The van der Waals surface area contributed by atoms with E-state index < -0.39 is 5.60 Å². The zero-order valence-corrected chi connectivity index (χ0v) is 18.3. The Hall–Kier alpha value is -0.730. The molecule has 0 saturated carbocycles. The van der Waals surface area contributed by atoms with Gasteiger partial charge in [-0.2, -0.15) is 0 Å². The number of piperidine rings is 1. The van der Waals surface area contributed by atoms with Crippen molar-refractivity contribution in [2.24, 2.45) is 10.9 Å². The summed E-state index contributed by atoms with van der Waals surface area (Å²) in [7, 11) is 1.78. The Bertz CT molecular complexity index is 408. The van der Waals surface area contributed by atoms with Gasteiger partial charge in [-0.15, -0.1) is 24.0 Å². The summed E-state index contributed by atoms with van der Waals surface area (Å²) in [5.41, 5.74) is -0.430. The van der Waals surface area contributed by atoms with Crippen LogP contribution in [0, 0.1) is 5.92 Å². The van der Waals surface area contributed by atoms with Gasteiger partial charge in [0.15, 0.2) is 5.96 Å². The maximum atomic E-state index is 12.2. The number of amides is 1. The molecule has 6 nitrogen and oxygen atoms in total. The van der Waals surface area contributed by atoms with Gasteiger partial charge in [-0.1, -0.05) is 0 Å². The van der Waals surface area contributed by atoms with Crippen LogP contribution in [0.2, 0.25) is 0 Å². The summed E-state index contributed by atoms with van der Waals surface area (Å²) in [6, 6.07) is 0.360. The van der Waals surface area contributed by atoms with E-state index in [0.29, 0.717) is 12.0 Å². The molecular formula is C17H35IN4O2. The van der Waals surface area contributed by atoms with E-state index in [1.54, 1.807) is 7.05 Å². The highest BCUT2D eigenvalue weighted by Crippen LogP contribution is 2.21. The molecule has 1 fully saturated rings. The maximum absolute atomic E-state index is 12.2. The minimum Gasteiger partial charge on any atom is -0.444 e. The highest BCUT2D eigenvalue weighted by atomic mass is 127. The number of hydrogen-bond donors (Lipinski definition) is 2. The number of nitrogens with one attached hydrogen (secondary N) is 2. The smallest absolute Gasteiger partial charge is 0.410 e. The molecule has 0 aromatic heterocycles. The molecule has 0 bridgehead atoms. The van der Waals surface area contributed by atoms with Gasteiger partial charge >= 0.3 is 6.09 Å². The standard InChI is InChI=1S/C17H34N4O2.HI/c1-13(2)20-15(18-6)19-10-9-14-8-7-11-21(12-14)16(22)23-17(3,4)5;/h13-14H,7-12H2,1-6H3,(H2,18,19,20);1H. The molecule has 0 aliphatic carbocycles. The number of aliphatic imine (C=N–C) groups is 1. The lowest BCUT2D eigenvalue weighted by atomic mass is 9.95. The van der Waals surface area contributed by atoms with Crippen LogP contribution in [0.5, 0.6) is 0 Å². The van der Waals surface area contributed by atoms with Gasteiger partial charge in [-0.05, 0) is 59.8 Å². The number of guanidine groups is 1. The Labute approximate surface area is 164 Å². The summed E-state index contributed by atoms with van der Waals surface area (Å²) < 4.78 is 5.47. The number of ether oxygens (including phenoxy) is 1. The fourth-order valence-electron chi connectivity index (χ4n) is 2.66. The van der Waals surface area contributed by atoms with Gasteiger partial charge in [-0.25, -0.2) is 4.79 Å². The molecule has 1 rings (SSSR count). The minimum absolute atomic E-state index is 0. The maximum Gasteiger partial charge on any atom is 0.410 e. The Morgan fingerprint density at radius 1 is 1.38 bits per heavy atom. The van der Waals surface area contributed by atoms with E-state index in [4.69, 9.17) is 4.74 Å². The molecule has 1 unspecified atom stereocenters. The van der Waals surface area contributed by atoms with Crippen molar-refractivity contribution in [2.75, 3.05) is 26.7 Å². The van der Waals surface area contributed by atoms with Gasteiger partial charge in [0, 0.05) is 32.7 Å². The van der Waals surface area contributed by atoms with E-state index in [1.165, 1.54) is 0 Å². The largest absolute Gasteiger partial charge is 0.444 e. The van der Waals surface area contributed by atoms with E-state index in [-0.39, 0.29) is 30.1 Å². The van der Waals surface area contributed by atoms with Gasteiger partial charge in [-0.3, -0.25) is 4.99 Å². The molecule has 0 spiro atoms. The zero-order valence-electron chi connectivity index (χ0n) is 16.0. The van der Waals surface area contributed by atoms with Crippen molar-refractivity contribution in [1.29, 1.82) is 0 Å². The quantitative estimate of drug-likeness (QED) is 0.389. The number of hydrogen-bond acceptors (Lipinski definition) is 3. The second kappa shape index (κ2) is 11.0. The highest BCUT2D eigenvalue weighted by Gasteiger charge is 2.27. The molecule has 1 saturated heterocycles. The Kier molecular flexibility index (Phi) is 10.7. The van der Waals surface area contributed by atoms with Gasteiger partial charge in [0.2, 0.25) is 0 Å². The van der Waals surface area contributed by atoms with Crippen molar-refractivity contribution in [2.45, 2.75) is 65.5 Å². The third-order valence-corrected chi connectivity index (χ3v) is 3.66. The SMILES string of the molecule is CN=C(NCCC1CCCN(C(=O)OC(C)(C)C)C1)NC(C)C.I. The van der Waals surface area contributed by atoms with E-state index in [9.17, 15) is 4.79 Å². The number of carbonyl (C=O) groups excluding carboxylic acids is 1. The molecule has 1 atom stereocenters.